The lowest BCUT2D eigenvalue weighted by Crippen LogP contribution is -2.34. The summed E-state index contributed by atoms with van der Waals surface area (Å²) < 4.78 is 0.860. The molecule has 3 rings (SSSR count). The molecule has 0 spiro atoms. The summed E-state index contributed by atoms with van der Waals surface area (Å²) in [5.74, 6) is 0.0461. The van der Waals surface area contributed by atoms with E-state index in [-0.39, 0.29) is 11.0 Å². The largest absolute Gasteiger partial charge is 0.332 e. The van der Waals surface area contributed by atoms with E-state index >= 15 is 0 Å². The number of anilines is 1. The van der Waals surface area contributed by atoms with Crippen LogP contribution in [-0.4, -0.2) is 11.0 Å². The highest BCUT2D eigenvalue weighted by atomic mass is 35.5. The fraction of sp³-hybridized carbons (Fsp3) is 0.200. The standard InChI is InChI=1S/C20H18Cl2N2OS2/c1-3-11(2)13-6-4-5-7-15(13)23-20(26)24-19(25)18-17(22)14-9-8-12(21)10-16(14)27-18/h4-11H,3H2,1-2H3,(H2,23,24,25,26). The third-order valence-electron chi connectivity index (χ3n) is 4.38. The smallest absolute Gasteiger partial charge is 0.269 e. The number of halogens is 2. The molecule has 1 aromatic heterocycles. The van der Waals surface area contributed by atoms with Crippen LogP contribution in [0.3, 0.4) is 0 Å². The van der Waals surface area contributed by atoms with E-state index in [1.165, 1.54) is 11.3 Å². The number of para-hydroxylation sites is 1. The van der Waals surface area contributed by atoms with Crippen LogP contribution in [0.15, 0.2) is 42.5 Å². The van der Waals surface area contributed by atoms with Gasteiger partial charge in [0, 0.05) is 20.8 Å². The van der Waals surface area contributed by atoms with E-state index in [9.17, 15) is 4.79 Å². The first-order valence-electron chi connectivity index (χ1n) is 8.49. The Morgan fingerprint density at radius 3 is 2.70 bits per heavy atom. The van der Waals surface area contributed by atoms with Crippen LogP contribution in [-0.2, 0) is 0 Å². The first-order chi connectivity index (χ1) is 12.9. The van der Waals surface area contributed by atoms with Gasteiger partial charge >= 0.3 is 0 Å². The Hall–Kier alpha value is -1.66. The maximum Gasteiger partial charge on any atom is 0.269 e. The van der Waals surface area contributed by atoms with Gasteiger partial charge in [-0.2, -0.15) is 0 Å². The minimum absolute atomic E-state index is 0.238. The molecule has 1 atom stereocenters. The normalized spacial score (nSPS) is 12.0. The van der Waals surface area contributed by atoms with Gasteiger partial charge in [-0.05, 0) is 48.3 Å². The minimum atomic E-state index is -0.337. The molecule has 1 amide bonds. The van der Waals surface area contributed by atoms with Crippen LogP contribution in [0.2, 0.25) is 10.0 Å². The number of amides is 1. The van der Waals surface area contributed by atoms with Gasteiger partial charge in [0.2, 0.25) is 0 Å². The number of benzene rings is 2. The number of thiocarbonyl (C=S) groups is 1. The molecule has 2 N–H and O–H groups in total. The van der Waals surface area contributed by atoms with Gasteiger partial charge in [-0.25, -0.2) is 0 Å². The SMILES string of the molecule is CCC(C)c1ccccc1NC(=S)NC(=O)c1sc2cc(Cl)ccc2c1Cl. The van der Waals surface area contributed by atoms with Crippen LogP contribution < -0.4 is 10.6 Å². The number of nitrogens with one attached hydrogen (secondary N) is 2. The molecule has 0 aliphatic rings. The average Bonchev–Trinajstić information content (AvgIpc) is 2.97. The Morgan fingerprint density at radius 1 is 1.22 bits per heavy atom. The quantitative estimate of drug-likeness (QED) is 0.439. The van der Waals surface area contributed by atoms with Crippen LogP contribution in [0.1, 0.15) is 41.4 Å². The predicted octanol–water partition coefficient (Wildman–Crippen LogP) is 6.85. The molecule has 3 aromatic rings. The van der Waals surface area contributed by atoms with Crippen molar-refractivity contribution in [2.75, 3.05) is 5.32 Å². The second-order valence-electron chi connectivity index (χ2n) is 6.19. The Kier molecular flexibility index (Phi) is 6.37. The maximum atomic E-state index is 12.7. The summed E-state index contributed by atoms with van der Waals surface area (Å²) in [5.41, 5.74) is 2.05. The second kappa shape index (κ2) is 8.57. The lowest BCUT2D eigenvalue weighted by molar-refractivity contribution is 0.0982. The van der Waals surface area contributed by atoms with Crippen molar-refractivity contribution in [3.63, 3.8) is 0 Å². The highest BCUT2D eigenvalue weighted by Crippen LogP contribution is 2.36. The summed E-state index contributed by atoms with van der Waals surface area (Å²) >= 11 is 19.0. The number of thiophene rings is 1. The molecule has 0 saturated carbocycles. The average molecular weight is 437 g/mol. The van der Waals surface area contributed by atoms with Crippen molar-refractivity contribution in [3.05, 3.63) is 63.0 Å². The lowest BCUT2D eigenvalue weighted by atomic mass is 9.97. The molecule has 140 valence electrons. The van der Waals surface area contributed by atoms with E-state index in [0.29, 0.717) is 20.8 Å². The maximum absolute atomic E-state index is 12.7. The van der Waals surface area contributed by atoms with E-state index in [4.69, 9.17) is 35.4 Å². The van der Waals surface area contributed by atoms with Gasteiger partial charge < -0.3 is 5.32 Å². The van der Waals surface area contributed by atoms with Gasteiger partial charge in [0.05, 0.1) is 5.02 Å². The summed E-state index contributed by atoms with van der Waals surface area (Å²) in [6, 6.07) is 13.3. The highest BCUT2D eigenvalue weighted by Gasteiger charge is 2.19. The molecule has 0 radical (unpaired) electrons. The number of carbonyl (C=O) groups is 1. The fourth-order valence-corrected chi connectivity index (χ4v) is 4.65. The van der Waals surface area contributed by atoms with E-state index in [1.54, 1.807) is 12.1 Å². The second-order valence-corrected chi connectivity index (χ2v) is 8.47. The molecule has 0 saturated heterocycles. The van der Waals surface area contributed by atoms with Gasteiger partial charge in [0.25, 0.3) is 5.91 Å². The monoisotopic (exact) mass is 436 g/mol. The molecule has 0 bridgehead atoms. The Labute approximate surface area is 177 Å². The van der Waals surface area contributed by atoms with E-state index < -0.39 is 0 Å². The molecule has 7 heteroatoms. The number of hydrogen-bond acceptors (Lipinski definition) is 3. The molecule has 0 fully saturated rings. The number of rotatable bonds is 4. The molecular formula is C20H18Cl2N2OS2. The van der Waals surface area contributed by atoms with Crippen molar-refractivity contribution >= 4 is 73.5 Å². The van der Waals surface area contributed by atoms with Crippen LogP contribution in [0.25, 0.3) is 10.1 Å². The van der Waals surface area contributed by atoms with Gasteiger partial charge in [0.1, 0.15) is 4.88 Å². The van der Waals surface area contributed by atoms with E-state index in [1.807, 2.05) is 24.3 Å². The number of carbonyl (C=O) groups excluding carboxylic acids is 1. The molecule has 1 heterocycles. The zero-order valence-electron chi connectivity index (χ0n) is 14.8. The number of fused-ring (bicyclic) bond motifs is 1. The number of hydrogen-bond donors (Lipinski definition) is 2. The first kappa shape index (κ1) is 20.1. The summed E-state index contributed by atoms with van der Waals surface area (Å²) in [6.45, 7) is 4.29. The zero-order chi connectivity index (χ0) is 19.6. The van der Waals surface area contributed by atoms with Gasteiger partial charge in [0.15, 0.2) is 5.11 Å². The van der Waals surface area contributed by atoms with E-state index in [0.717, 1.165) is 27.8 Å². The molecular weight excluding hydrogens is 419 g/mol. The molecule has 1 unspecified atom stereocenters. The van der Waals surface area contributed by atoms with Crippen molar-refractivity contribution in [2.24, 2.45) is 0 Å². The van der Waals surface area contributed by atoms with Crippen LogP contribution in [0, 0.1) is 0 Å². The molecule has 2 aromatic carbocycles. The van der Waals surface area contributed by atoms with Crippen molar-refractivity contribution in [2.45, 2.75) is 26.2 Å². The first-order valence-corrected chi connectivity index (χ1v) is 10.5. The third-order valence-corrected chi connectivity index (χ3v) is 6.47. The van der Waals surface area contributed by atoms with Crippen molar-refractivity contribution < 1.29 is 4.79 Å². The topological polar surface area (TPSA) is 41.1 Å². The molecule has 3 nitrogen and oxygen atoms in total. The Morgan fingerprint density at radius 2 is 1.96 bits per heavy atom. The summed E-state index contributed by atoms with van der Waals surface area (Å²) in [4.78, 5) is 13.1. The predicted molar refractivity (Wildman–Crippen MR) is 121 cm³/mol. The van der Waals surface area contributed by atoms with Gasteiger partial charge in [-0.15, -0.1) is 11.3 Å². The fourth-order valence-electron chi connectivity index (χ4n) is 2.76. The Bertz CT molecular complexity index is 1020. The van der Waals surface area contributed by atoms with Crippen molar-refractivity contribution in [3.8, 4) is 0 Å². The lowest BCUT2D eigenvalue weighted by Gasteiger charge is -2.17. The van der Waals surface area contributed by atoms with Crippen molar-refractivity contribution in [1.29, 1.82) is 0 Å². The Balaban J connectivity index is 1.77. The zero-order valence-corrected chi connectivity index (χ0v) is 18.0. The van der Waals surface area contributed by atoms with Crippen molar-refractivity contribution in [1.82, 2.24) is 5.32 Å². The summed E-state index contributed by atoms with van der Waals surface area (Å²) in [6.07, 6.45) is 1.01. The van der Waals surface area contributed by atoms with Crippen LogP contribution >= 0.6 is 46.8 Å². The minimum Gasteiger partial charge on any atom is -0.332 e. The van der Waals surface area contributed by atoms with Crippen LogP contribution in [0.4, 0.5) is 5.69 Å². The van der Waals surface area contributed by atoms with E-state index in [2.05, 4.69) is 30.5 Å². The summed E-state index contributed by atoms with van der Waals surface area (Å²) in [7, 11) is 0. The van der Waals surface area contributed by atoms with Gasteiger partial charge in [-0.3, -0.25) is 10.1 Å². The van der Waals surface area contributed by atoms with Gasteiger partial charge in [-0.1, -0.05) is 61.3 Å². The molecule has 27 heavy (non-hydrogen) atoms. The van der Waals surface area contributed by atoms with Crippen LogP contribution in [0.5, 0.6) is 0 Å². The molecule has 0 aliphatic heterocycles. The molecule has 0 aliphatic carbocycles. The third kappa shape index (κ3) is 4.43. The summed E-state index contributed by atoms with van der Waals surface area (Å²) in [5, 5.41) is 7.90. The highest BCUT2D eigenvalue weighted by molar-refractivity contribution is 7.80.